The van der Waals surface area contributed by atoms with E-state index in [1.807, 2.05) is 0 Å². The van der Waals surface area contributed by atoms with Gasteiger partial charge in [0.2, 0.25) is 0 Å². The molecule has 2 heteroatoms. The van der Waals surface area contributed by atoms with Crippen molar-refractivity contribution in [3.05, 3.63) is 0 Å². The molecule has 0 unspecified atom stereocenters. The van der Waals surface area contributed by atoms with Gasteiger partial charge in [-0.05, 0) is 37.0 Å². The quantitative estimate of drug-likeness (QED) is 0.684. The van der Waals surface area contributed by atoms with Crippen LogP contribution in [0.15, 0.2) is 0 Å². The SMILES string of the molecule is CC1(C)C[C@]23C(=O)CC[C@@H](O)[C@@]2(C)CC[C@H]13. The van der Waals surface area contributed by atoms with Crippen LogP contribution in [-0.2, 0) is 4.79 Å². The van der Waals surface area contributed by atoms with Crippen molar-refractivity contribution in [3.63, 3.8) is 0 Å². The summed E-state index contributed by atoms with van der Waals surface area (Å²) < 4.78 is 0. The summed E-state index contributed by atoms with van der Waals surface area (Å²) in [5, 5.41) is 10.3. The molecule has 0 heterocycles. The number of aliphatic hydroxyl groups is 1. The van der Waals surface area contributed by atoms with Crippen molar-refractivity contribution in [2.45, 2.75) is 59.0 Å². The van der Waals surface area contributed by atoms with Crippen LogP contribution < -0.4 is 0 Å². The smallest absolute Gasteiger partial charge is 0.140 e. The van der Waals surface area contributed by atoms with Gasteiger partial charge in [-0.25, -0.2) is 0 Å². The molecule has 3 saturated carbocycles. The predicted molar refractivity (Wildman–Crippen MR) is 61.9 cm³/mol. The lowest BCUT2D eigenvalue weighted by molar-refractivity contribution is -0.199. The van der Waals surface area contributed by atoms with E-state index < -0.39 is 0 Å². The molecule has 0 bridgehead atoms. The van der Waals surface area contributed by atoms with Crippen molar-refractivity contribution < 1.29 is 9.90 Å². The molecular formula is C14H22O2. The fourth-order valence-electron chi connectivity index (χ4n) is 5.29. The Labute approximate surface area is 97.4 Å². The molecule has 0 radical (unpaired) electrons. The first-order chi connectivity index (χ1) is 7.34. The van der Waals surface area contributed by atoms with Gasteiger partial charge in [0.1, 0.15) is 5.78 Å². The van der Waals surface area contributed by atoms with Gasteiger partial charge in [0.05, 0.1) is 6.10 Å². The largest absolute Gasteiger partial charge is 0.393 e. The number of aliphatic hydroxyl groups excluding tert-OH is 1. The van der Waals surface area contributed by atoms with Crippen molar-refractivity contribution in [3.8, 4) is 0 Å². The van der Waals surface area contributed by atoms with E-state index in [2.05, 4.69) is 20.8 Å². The van der Waals surface area contributed by atoms with Gasteiger partial charge in [-0.3, -0.25) is 4.79 Å². The molecule has 0 saturated heterocycles. The van der Waals surface area contributed by atoms with Gasteiger partial charge in [0.25, 0.3) is 0 Å². The number of hydrogen-bond acceptors (Lipinski definition) is 2. The van der Waals surface area contributed by atoms with Gasteiger partial charge in [0, 0.05) is 17.3 Å². The van der Waals surface area contributed by atoms with E-state index >= 15 is 0 Å². The summed E-state index contributed by atoms with van der Waals surface area (Å²) in [4.78, 5) is 12.4. The number of hydrogen-bond donors (Lipinski definition) is 1. The van der Waals surface area contributed by atoms with Crippen LogP contribution >= 0.6 is 0 Å². The minimum absolute atomic E-state index is 0.122. The third kappa shape index (κ3) is 0.883. The molecule has 2 nitrogen and oxygen atoms in total. The fourth-order valence-corrected chi connectivity index (χ4v) is 5.29. The highest BCUT2D eigenvalue weighted by Gasteiger charge is 2.74. The van der Waals surface area contributed by atoms with Crippen LogP contribution in [0.4, 0.5) is 0 Å². The molecule has 1 spiro atoms. The molecule has 90 valence electrons. The van der Waals surface area contributed by atoms with Gasteiger partial charge in [0.15, 0.2) is 0 Å². The van der Waals surface area contributed by atoms with Crippen LogP contribution in [0.2, 0.25) is 0 Å². The Hall–Kier alpha value is -0.370. The lowest BCUT2D eigenvalue weighted by Crippen LogP contribution is -2.65. The maximum absolute atomic E-state index is 12.4. The van der Waals surface area contributed by atoms with Gasteiger partial charge in [-0.15, -0.1) is 0 Å². The average Bonchev–Trinajstić information content (AvgIpc) is 2.45. The number of ketones is 1. The summed E-state index contributed by atoms with van der Waals surface area (Å²) in [5.74, 6) is 0.967. The van der Waals surface area contributed by atoms with E-state index in [9.17, 15) is 9.90 Å². The fraction of sp³-hybridized carbons (Fsp3) is 0.929. The summed E-state index contributed by atoms with van der Waals surface area (Å²) >= 11 is 0. The second kappa shape index (κ2) is 2.72. The Balaban J connectivity index is 2.08. The highest BCUT2D eigenvalue weighted by Crippen LogP contribution is 2.76. The minimum atomic E-state index is -0.258. The summed E-state index contributed by atoms with van der Waals surface area (Å²) in [6, 6.07) is 0. The molecule has 3 rings (SSSR count). The van der Waals surface area contributed by atoms with Gasteiger partial charge >= 0.3 is 0 Å². The van der Waals surface area contributed by atoms with Crippen LogP contribution in [-0.4, -0.2) is 17.0 Å². The zero-order valence-electron chi connectivity index (χ0n) is 10.5. The monoisotopic (exact) mass is 222 g/mol. The van der Waals surface area contributed by atoms with E-state index in [4.69, 9.17) is 0 Å². The topological polar surface area (TPSA) is 37.3 Å². The van der Waals surface area contributed by atoms with Gasteiger partial charge in [-0.1, -0.05) is 20.8 Å². The lowest BCUT2D eigenvalue weighted by atomic mass is 9.38. The average molecular weight is 222 g/mol. The molecule has 0 aromatic rings. The Bertz CT molecular complexity index is 360. The standard InChI is InChI=1S/C14H22O2/c1-12(2)8-14-9(12)6-7-13(14,3)10(15)4-5-11(14)16/h9-10,15H,4-8H2,1-3H3/t9-,10-,13-,14+/m1/s1. The Morgan fingerprint density at radius 1 is 1.25 bits per heavy atom. The van der Waals surface area contributed by atoms with Crippen LogP contribution in [0.5, 0.6) is 0 Å². The molecule has 16 heavy (non-hydrogen) atoms. The molecule has 3 aliphatic carbocycles. The first-order valence-corrected chi connectivity index (χ1v) is 6.56. The highest BCUT2D eigenvalue weighted by atomic mass is 16.3. The van der Waals surface area contributed by atoms with Crippen molar-refractivity contribution in [2.24, 2.45) is 22.2 Å². The molecule has 3 aliphatic rings. The van der Waals surface area contributed by atoms with E-state index in [-0.39, 0.29) is 16.9 Å². The van der Waals surface area contributed by atoms with Crippen LogP contribution in [0, 0.1) is 22.2 Å². The van der Waals surface area contributed by atoms with E-state index in [1.54, 1.807) is 0 Å². The number of rotatable bonds is 0. The van der Waals surface area contributed by atoms with E-state index in [1.165, 1.54) is 0 Å². The van der Waals surface area contributed by atoms with Crippen LogP contribution in [0.25, 0.3) is 0 Å². The summed E-state index contributed by atoms with van der Waals surface area (Å²) in [5.41, 5.74) is 0.0289. The Morgan fingerprint density at radius 2 is 1.94 bits per heavy atom. The number of Topliss-reactive ketones (excluding diaryl/α,β-unsaturated/α-hetero) is 1. The Kier molecular flexibility index (Phi) is 1.83. The van der Waals surface area contributed by atoms with E-state index in [0.29, 0.717) is 30.0 Å². The molecule has 3 fully saturated rings. The normalized spacial score (nSPS) is 54.1. The maximum atomic E-state index is 12.4. The molecule has 1 N–H and O–H groups in total. The maximum Gasteiger partial charge on any atom is 0.140 e. The molecule has 4 atom stereocenters. The highest BCUT2D eigenvalue weighted by molar-refractivity contribution is 5.89. The molecule has 0 aromatic heterocycles. The first kappa shape index (κ1) is 10.8. The summed E-state index contributed by atoms with van der Waals surface area (Å²) in [7, 11) is 0. The lowest BCUT2D eigenvalue weighted by Gasteiger charge is -2.64. The van der Waals surface area contributed by atoms with Crippen molar-refractivity contribution in [1.29, 1.82) is 0 Å². The van der Waals surface area contributed by atoms with Crippen LogP contribution in [0.1, 0.15) is 52.9 Å². The molecule has 0 amide bonds. The molecule has 0 aliphatic heterocycles. The Morgan fingerprint density at radius 3 is 2.56 bits per heavy atom. The van der Waals surface area contributed by atoms with Crippen LogP contribution in [0.3, 0.4) is 0 Å². The third-order valence-corrected chi connectivity index (χ3v) is 6.12. The van der Waals surface area contributed by atoms with Crippen molar-refractivity contribution in [2.75, 3.05) is 0 Å². The third-order valence-electron chi connectivity index (χ3n) is 6.12. The molecular weight excluding hydrogens is 200 g/mol. The predicted octanol–water partition coefficient (Wildman–Crippen LogP) is 2.54. The first-order valence-electron chi connectivity index (χ1n) is 6.56. The van der Waals surface area contributed by atoms with E-state index in [0.717, 1.165) is 19.3 Å². The summed E-state index contributed by atoms with van der Waals surface area (Å²) in [6.45, 7) is 6.72. The number of carbonyl (C=O) groups excluding carboxylic acids is 1. The van der Waals surface area contributed by atoms with Crippen molar-refractivity contribution in [1.82, 2.24) is 0 Å². The second-order valence-corrected chi connectivity index (χ2v) is 7.12. The minimum Gasteiger partial charge on any atom is -0.393 e. The van der Waals surface area contributed by atoms with Gasteiger partial charge in [-0.2, -0.15) is 0 Å². The number of carbonyl (C=O) groups is 1. The zero-order valence-corrected chi connectivity index (χ0v) is 10.5. The second-order valence-electron chi connectivity index (χ2n) is 7.12. The molecule has 0 aromatic carbocycles. The van der Waals surface area contributed by atoms with Crippen molar-refractivity contribution >= 4 is 5.78 Å². The summed E-state index contributed by atoms with van der Waals surface area (Å²) in [6.07, 6.45) is 4.19. The zero-order chi connectivity index (χ0) is 11.8. The van der Waals surface area contributed by atoms with Gasteiger partial charge < -0.3 is 5.11 Å².